The van der Waals surface area contributed by atoms with Crippen molar-refractivity contribution in [2.75, 3.05) is 38.7 Å². The third-order valence-electron chi connectivity index (χ3n) is 6.95. The Kier molecular flexibility index (Phi) is 9.69. The third-order valence-corrected chi connectivity index (χ3v) is 6.95. The average molecular weight is 598 g/mol. The van der Waals surface area contributed by atoms with Crippen LogP contribution in [0.2, 0.25) is 0 Å². The van der Waals surface area contributed by atoms with Crippen LogP contribution in [0.3, 0.4) is 0 Å². The molecule has 14 heteroatoms. The summed E-state index contributed by atoms with van der Waals surface area (Å²) >= 11 is 0. The maximum Gasteiger partial charge on any atom is 0.406 e. The Morgan fingerprint density at radius 1 is 1.12 bits per heavy atom. The number of para-hydroxylation sites is 1. The number of amides is 2. The Bertz CT molecular complexity index is 1370. The van der Waals surface area contributed by atoms with Gasteiger partial charge in [-0.1, -0.05) is 24.3 Å². The summed E-state index contributed by atoms with van der Waals surface area (Å²) in [5, 5.41) is 19.5. The maximum absolute atomic E-state index is 14.1. The SMILES string of the molecule is COC[C@H](N1C[C@@H](NC(=O)Nc2c(C)c(OC[C@H](C)O)nn2-c2ccccc2)[C@H](c2ccc(F)c(F)c2)C1)C(F)(F)F. The predicted octanol–water partition coefficient (Wildman–Crippen LogP) is 4.39. The number of halogens is 5. The number of rotatable bonds is 10. The van der Waals surface area contributed by atoms with Crippen LogP contribution in [0, 0.1) is 18.6 Å². The number of urea groups is 1. The number of hydrogen-bond donors (Lipinski definition) is 3. The highest BCUT2D eigenvalue weighted by molar-refractivity contribution is 5.90. The van der Waals surface area contributed by atoms with E-state index in [1.807, 2.05) is 0 Å². The van der Waals surface area contributed by atoms with Crippen molar-refractivity contribution in [2.24, 2.45) is 0 Å². The molecule has 0 spiro atoms. The van der Waals surface area contributed by atoms with Crippen LogP contribution < -0.4 is 15.4 Å². The summed E-state index contributed by atoms with van der Waals surface area (Å²) in [6.07, 6.45) is -5.41. The van der Waals surface area contributed by atoms with Crippen LogP contribution in [0.1, 0.15) is 24.0 Å². The number of nitrogens with one attached hydrogen (secondary N) is 2. The van der Waals surface area contributed by atoms with Crippen LogP contribution in [0.4, 0.5) is 32.6 Å². The van der Waals surface area contributed by atoms with Gasteiger partial charge in [-0.3, -0.25) is 10.2 Å². The van der Waals surface area contributed by atoms with E-state index in [4.69, 9.17) is 9.47 Å². The lowest BCUT2D eigenvalue weighted by Crippen LogP contribution is -2.49. The van der Waals surface area contributed by atoms with E-state index in [1.165, 1.54) is 10.7 Å². The zero-order chi connectivity index (χ0) is 30.6. The number of aliphatic hydroxyl groups is 1. The molecule has 0 unspecified atom stereocenters. The van der Waals surface area contributed by atoms with Crippen LogP contribution in [-0.4, -0.2) is 83.6 Å². The molecule has 3 aromatic rings. The molecule has 2 heterocycles. The molecule has 0 saturated carbocycles. The summed E-state index contributed by atoms with van der Waals surface area (Å²) in [5.41, 5.74) is 1.26. The Morgan fingerprint density at radius 2 is 1.83 bits per heavy atom. The van der Waals surface area contributed by atoms with E-state index in [0.717, 1.165) is 24.1 Å². The molecule has 4 rings (SSSR count). The minimum Gasteiger partial charge on any atom is -0.474 e. The number of carbonyl (C=O) groups excluding carboxylic acids is 1. The molecule has 2 aromatic carbocycles. The summed E-state index contributed by atoms with van der Waals surface area (Å²) in [4.78, 5) is 14.4. The van der Waals surface area contributed by atoms with Crippen molar-refractivity contribution in [3.8, 4) is 11.6 Å². The summed E-state index contributed by atoms with van der Waals surface area (Å²) in [7, 11) is 1.15. The molecule has 0 bridgehead atoms. The van der Waals surface area contributed by atoms with E-state index in [9.17, 15) is 31.9 Å². The van der Waals surface area contributed by atoms with Gasteiger partial charge >= 0.3 is 12.2 Å². The lowest BCUT2D eigenvalue weighted by atomic mass is 9.94. The zero-order valence-electron chi connectivity index (χ0n) is 23.2. The quantitative estimate of drug-likeness (QED) is 0.300. The van der Waals surface area contributed by atoms with E-state index < -0.39 is 54.6 Å². The molecule has 228 valence electrons. The van der Waals surface area contributed by atoms with Crippen LogP contribution in [0.15, 0.2) is 48.5 Å². The maximum atomic E-state index is 14.1. The number of ether oxygens (including phenoxy) is 2. The van der Waals surface area contributed by atoms with Gasteiger partial charge < -0.3 is 19.9 Å². The lowest BCUT2D eigenvalue weighted by Gasteiger charge is -2.29. The van der Waals surface area contributed by atoms with E-state index in [-0.39, 0.29) is 37.0 Å². The minimum atomic E-state index is -4.63. The van der Waals surface area contributed by atoms with Crippen molar-refractivity contribution in [3.05, 3.63) is 71.3 Å². The smallest absolute Gasteiger partial charge is 0.406 e. The molecular formula is C28H32F5N5O4. The molecule has 0 aliphatic carbocycles. The number of aromatic nitrogens is 2. The molecule has 1 aromatic heterocycles. The first-order valence-corrected chi connectivity index (χ1v) is 13.2. The molecule has 4 atom stereocenters. The molecule has 3 N–H and O–H groups in total. The Balaban J connectivity index is 1.62. The minimum absolute atomic E-state index is 0.0477. The number of carbonyl (C=O) groups is 1. The molecule has 1 fully saturated rings. The highest BCUT2D eigenvalue weighted by Crippen LogP contribution is 2.35. The van der Waals surface area contributed by atoms with Gasteiger partial charge in [-0.2, -0.15) is 13.2 Å². The van der Waals surface area contributed by atoms with Crippen molar-refractivity contribution in [1.29, 1.82) is 0 Å². The lowest BCUT2D eigenvalue weighted by molar-refractivity contribution is -0.192. The second kappa shape index (κ2) is 13.0. The summed E-state index contributed by atoms with van der Waals surface area (Å²) in [6.45, 7) is 2.08. The number of hydrogen-bond acceptors (Lipinski definition) is 6. The molecule has 1 aliphatic rings. The second-order valence-electron chi connectivity index (χ2n) is 10.1. The van der Waals surface area contributed by atoms with Crippen molar-refractivity contribution in [2.45, 2.75) is 44.1 Å². The van der Waals surface area contributed by atoms with E-state index in [2.05, 4.69) is 15.7 Å². The summed E-state index contributed by atoms with van der Waals surface area (Å²) in [5.74, 6) is -2.65. The number of aliphatic hydroxyl groups excluding tert-OH is 1. The molecular weight excluding hydrogens is 565 g/mol. The van der Waals surface area contributed by atoms with Gasteiger partial charge in [0, 0.05) is 26.1 Å². The fourth-order valence-corrected chi connectivity index (χ4v) is 4.91. The van der Waals surface area contributed by atoms with Gasteiger partial charge in [0.1, 0.15) is 18.5 Å². The topological polar surface area (TPSA) is 101 Å². The van der Waals surface area contributed by atoms with Crippen LogP contribution >= 0.6 is 0 Å². The first-order chi connectivity index (χ1) is 19.9. The Morgan fingerprint density at radius 3 is 2.45 bits per heavy atom. The van der Waals surface area contributed by atoms with Crippen LogP contribution in [0.5, 0.6) is 5.88 Å². The number of methoxy groups -OCH3 is 1. The molecule has 0 radical (unpaired) electrons. The molecule has 42 heavy (non-hydrogen) atoms. The van der Waals surface area contributed by atoms with Crippen LogP contribution in [0.25, 0.3) is 5.69 Å². The number of likely N-dealkylation sites (tertiary alicyclic amines) is 1. The van der Waals surface area contributed by atoms with Gasteiger partial charge in [0.2, 0.25) is 5.88 Å². The van der Waals surface area contributed by atoms with Crippen molar-refractivity contribution in [1.82, 2.24) is 20.0 Å². The van der Waals surface area contributed by atoms with Crippen molar-refractivity contribution < 1.29 is 41.3 Å². The van der Waals surface area contributed by atoms with Crippen molar-refractivity contribution in [3.63, 3.8) is 0 Å². The fraction of sp³-hybridized carbons (Fsp3) is 0.429. The molecule has 1 saturated heterocycles. The molecule has 2 amide bonds. The monoisotopic (exact) mass is 597 g/mol. The standard InChI is InChI=1S/C28H32F5N5O4/c1-16(39)14-42-26-17(2)25(38(36-26)19-7-5-4-6-8-19)35-27(40)34-23-13-37(24(15-41-3)28(31,32)33)12-20(23)18-9-10-21(29)22(30)11-18/h4-11,16,20,23-24,39H,12-15H2,1-3H3,(H2,34,35,40)/t16-,20-,23+,24-/m0/s1. The van der Waals surface area contributed by atoms with Gasteiger partial charge in [0.25, 0.3) is 0 Å². The van der Waals surface area contributed by atoms with Gasteiger partial charge in [-0.25, -0.2) is 18.3 Å². The van der Waals surface area contributed by atoms with Gasteiger partial charge in [-0.15, -0.1) is 5.10 Å². The van der Waals surface area contributed by atoms with Gasteiger partial charge in [0.15, 0.2) is 11.6 Å². The normalized spacial score (nSPS) is 19.0. The molecule has 9 nitrogen and oxygen atoms in total. The number of alkyl halides is 3. The fourth-order valence-electron chi connectivity index (χ4n) is 4.91. The van der Waals surface area contributed by atoms with Crippen LogP contribution in [-0.2, 0) is 4.74 Å². The largest absolute Gasteiger partial charge is 0.474 e. The Hall–Kier alpha value is -3.75. The van der Waals surface area contributed by atoms with Gasteiger partial charge in [-0.05, 0) is 43.7 Å². The summed E-state index contributed by atoms with van der Waals surface area (Å²) in [6, 6.07) is 8.30. The highest BCUT2D eigenvalue weighted by atomic mass is 19.4. The van der Waals surface area contributed by atoms with Gasteiger partial charge in [0.05, 0.1) is 30.0 Å². The summed E-state index contributed by atoms with van der Waals surface area (Å²) < 4.78 is 81.2. The van der Waals surface area contributed by atoms with E-state index in [1.54, 1.807) is 44.2 Å². The first-order valence-electron chi connectivity index (χ1n) is 13.2. The molecule has 1 aliphatic heterocycles. The van der Waals surface area contributed by atoms with E-state index in [0.29, 0.717) is 11.3 Å². The second-order valence-corrected chi connectivity index (χ2v) is 10.1. The predicted molar refractivity (Wildman–Crippen MR) is 144 cm³/mol. The average Bonchev–Trinajstić information content (AvgIpc) is 3.48. The number of anilines is 1. The third kappa shape index (κ3) is 7.17. The zero-order valence-corrected chi connectivity index (χ0v) is 23.2. The van der Waals surface area contributed by atoms with E-state index >= 15 is 0 Å². The first kappa shape index (κ1) is 31.2. The van der Waals surface area contributed by atoms with Crippen molar-refractivity contribution >= 4 is 11.8 Å². The number of nitrogens with zero attached hydrogens (tertiary/aromatic N) is 3. The Labute approximate surface area is 239 Å². The number of benzene rings is 2. The highest BCUT2D eigenvalue weighted by Gasteiger charge is 2.48.